The van der Waals surface area contributed by atoms with E-state index in [9.17, 15) is 118 Å². The van der Waals surface area contributed by atoms with Crippen molar-refractivity contribution in [3.8, 4) is 17.2 Å². The van der Waals surface area contributed by atoms with E-state index in [0.717, 1.165) is 14.7 Å². The minimum Gasteiger partial charge on any atom is -0.483 e. The Morgan fingerprint density at radius 1 is 0.425 bits per heavy atom. The maximum atomic E-state index is 14.4. The molecule has 127 heavy (non-hydrogen) atoms. The van der Waals surface area contributed by atoms with Crippen molar-refractivity contribution >= 4 is 88.9 Å². The molecule has 3 aromatic heterocycles. The number of Topliss-reactive ketones (excluding diaryl/α,β-unsaturated/α-hetero) is 2. The first kappa shape index (κ1) is 115. The Kier molecular flexibility index (Phi) is 57.4. The summed E-state index contributed by atoms with van der Waals surface area (Å²) in [4.78, 5) is 189. The fraction of sp³-hybridized carbons (Fsp3) is 0.645. The molecular weight excluding hydrogens is 1820 g/mol. The van der Waals surface area contributed by atoms with Crippen molar-refractivity contribution in [3.63, 3.8) is 0 Å². The van der Waals surface area contributed by atoms with Gasteiger partial charge in [-0.1, -0.05) is 28.5 Å². The normalized spacial score (nSPS) is 12.5. The molecular formula is C76H115N17Ni3O31+9. The molecule has 0 aliphatic carbocycles. The van der Waals surface area contributed by atoms with Crippen molar-refractivity contribution in [3.05, 3.63) is 53.4 Å². The van der Waals surface area contributed by atoms with Gasteiger partial charge in [0.05, 0.1) is 111 Å². The predicted octanol–water partition coefficient (Wildman–Crippen LogP) is -0.878. The Labute approximate surface area is 760 Å². The van der Waals surface area contributed by atoms with E-state index in [-0.39, 0.29) is 273 Å². The van der Waals surface area contributed by atoms with Crippen molar-refractivity contribution < 1.29 is 201 Å². The van der Waals surface area contributed by atoms with Crippen LogP contribution in [0.15, 0.2) is 30.7 Å². The third-order valence-corrected chi connectivity index (χ3v) is 18.6. The fourth-order valence-corrected chi connectivity index (χ4v) is 12.4. The molecule has 1 aromatic carbocycles. The fourth-order valence-electron chi connectivity index (χ4n) is 12.4. The number of benzene rings is 1. The van der Waals surface area contributed by atoms with Gasteiger partial charge < -0.3 is 106 Å². The largest absolute Gasteiger partial charge is 3.00 e. The molecule has 0 aliphatic heterocycles. The summed E-state index contributed by atoms with van der Waals surface area (Å²) in [6.07, 6.45) is 4.57. The first-order chi connectivity index (χ1) is 59.2. The van der Waals surface area contributed by atoms with Gasteiger partial charge in [-0.2, -0.15) is 0 Å². The van der Waals surface area contributed by atoms with Crippen LogP contribution in [0.4, 0.5) is 0 Å². The molecule has 4 rings (SSSR count). The van der Waals surface area contributed by atoms with Crippen LogP contribution in [0.5, 0.6) is 17.2 Å². The number of nitrogens with zero attached hydrogens (tertiary/aromatic N) is 12. The maximum Gasteiger partial charge on any atom is 3.00 e. The number of aliphatic carboxylic acids is 9. The molecule has 14 N–H and O–H groups in total. The molecule has 0 aliphatic rings. The number of aryl methyl sites for hydroxylation is 3. The Bertz CT molecular complexity index is 3800. The van der Waals surface area contributed by atoms with Crippen LogP contribution in [0.3, 0.4) is 0 Å². The van der Waals surface area contributed by atoms with Crippen LogP contribution in [-0.2, 0) is 175 Å². The number of carbonyl (C=O) groups excluding carboxylic acids is 6. The smallest absolute Gasteiger partial charge is 0.483 e. The zero-order valence-corrected chi connectivity index (χ0v) is 73.8. The van der Waals surface area contributed by atoms with E-state index in [4.69, 9.17) is 33.2 Å². The number of ketones is 2. The van der Waals surface area contributed by atoms with E-state index in [1.54, 1.807) is 39.7 Å². The molecule has 3 radical (unpaired) electrons. The molecule has 4 aromatic rings. The van der Waals surface area contributed by atoms with Crippen LogP contribution in [0.1, 0.15) is 151 Å². The second kappa shape index (κ2) is 63.6. The Hall–Kier alpha value is -10.3. The maximum absolute atomic E-state index is 14.4. The van der Waals surface area contributed by atoms with Crippen LogP contribution in [0.25, 0.3) is 0 Å². The van der Waals surface area contributed by atoms with Gasteiger partial charge in [-0.15, -0.1) is 15.3 Å². The number of hydrogen-bond acceptors (Lipinski definition) is 32. The van der Waals surface area contributed by atoms with E-state index in [0.29, 0.717) is 43.1 Å². The summed E-state index contributed by atoms with van der Waals surface area (Å²) >= 11 is 0. The monoisotopic (exact) mass is 1940 g/mol. The quantitative estimate of drug-likeness (QED) is 0.0189. The number of amides is 4. The standard InChI is InChI=1S/C76H115N17O31.3Ni/c1-5-91-35-51(82-85-91)44-122-60-31-50(32-61(123-45-52-36-92(6-2)86-83-52)70(60)124-46-53-37-93(7-3)87-84-53)71(110)81-56(34-77-4)72(111)80-25-30-118-26-20-55(95)33-76(47-119-27-19-54(94)15-9-8-10-16-57(73(112)113)88(38-64(98)99)39-65(100)101,48-120-28-21-62(96)78-23-13-11-17-58(74(114)115)89(40-66(102)103)41-67(104)105)49-121-29-22-63(97)79-24-14-12-18-59(75(116)117)90(42-68(106)107)43-69(108)109;;;/h31-32,35-37,56-59,77H,5-30,33-34,38-49H2,1-4H3,(H,78,96)(H,79,97)(H,80,111)(H,81,110)(H,98,99)(H,100,101)(H,102,103)(H,104,105)(H,106,107)(H,108,109)(H,112,113)(H,114,115)(H,116,117);;;/q;3*+3. The van der Waals surface area contributed by atoms with Gasteiger partial charge in [-0.05, 0) is 91.3 Å². The first-order valence-corrected chi connectivity index (χ1v) is 40.2. The number of carbonyl (C=O) groups is 15. The van der Waals surface area contributed by atoms with Crippen molar-refractivity contribution in [2.45, 2.75) is 187 Å². The average Bonchev–Trinajstić information content (AvgIpc) is 1.09. The van der Waals surface area contributed by atoms with Gasteiger partial charge in [0.1, 0.15) is 72.6 Å². The third kappa shape index (κ3) is 46.8. The Balaban J connectivity index is 0.0000269. The van der Waals surface area contributed by atoms with E-state index in [2.05, 4.69) is 57.5 Å². The number of unbranched alkanes of at least 4 members (excludes halogenated alkanes) is 4. The summed E-state index contributed by atoms with van der Waals surface area (Å²) in [5.74, 6) is -16.0. The molecule has 0 bridgehead atoms. The first-order valence-electron chi connectivity index (χ1n) is 40.2. The van der Waals surface area contributed by atoms with Gasteiger partial charge in [0, 0.05) is 95.3 Å². The van der Waals surface area contributed by atoms with Crippen LogP contribution in [0, 0.1) is 5.41 Å². The number of likely N-dealkylation sites (N-methyl/N-ethyl adjacent to an activating group) is 1. The van der Waals surface area contributed by atoms with Crippen LogP contribution >= 0.6 is 0 Å². The van der Waals surface area contributed by atoms with Crippen molar-refractivity contribution in [2.75, 3.05) is 125 Å². The molecule has 0 spiro atoms. The summed E-state index contributed by atoms with van der Waals surface area (Å²) in [7, 11) is 1.56. The minimum absolute atomic E-state index is 0. The zero-order chi connectivity index (χ0) is 91.5. The predicted molar refractivity (Wildman–Crippen MR) is 425 cm³/mol. The number of carboxylic acid groups (broad SMARTS) is 9. The van der Waals surface area contributed by atoms with Gasteiger partial charge in [-0.3, -0.25) is 101 Å². The summed E-state index contributed by atoms with van der Waals surface area (Å²) in [5, 5.41) is 124. The van der Waals surface area contributed by atoms with Crippen molar-refractivity contribution in [1.82, 2.24) is 86.3 Å². The van der Waals surface area contributed by atoms with E-state index < -0.39 is 152 Å². The number of aromatic nitrogens is 9. The summed E-state index contributed by atoms with van der Waals surface area (Å²) in [6.45, 7) is -0.692. The van der Waals surface area contributed by atoms with Crippen LogP contribution in [-0.4, -0.2) is 344 Å². The SMILES string of the molecule is CCn1cc(COc2cc(C(=O)NC(CNC)C(=O)NCCOCCC(=O)CC(COCCC(=O)CCCCCC(C(=O)O)N(CC(=O)O)CC(=O)O)(COCCC(=O)NCCCCC(C(=O)O)N(CC(=O)O)CC(=O)O)COCCC(=O)NCCCCC(C(=O)O)N(CC(=O)O)CC(=O)O)cc(OCc3cn(CC)nn3)c2OCc2cn(CC)nn2)nn1.[Ni+3].[Ni+3].[Ni+3]. The molecule has 0 saturated carbocycles. The number of rotatable bonds is 74. The van der Waals surface area contributed by atoms with Gasteiger partial charge in [0.15, 0.2) is 11.5 Å². The molecule has 4 amide bonds. The van der Waals surface area contributed by atoms with E-state index >= 15 is 0 Å². The summed E-state index contributed by atoms with van der Waals surface area (Å²) in [5.41, 5.74) is -0.123. The van der Waals surface area contributed by atoms with Crippen LogP contribution < -0.4 is 40.8 Å². The number of hydrogen-bond donors (Lipinski definition) is 14. The van der Waals surface area contributed by atoms with Gasteiger partial charge in [0.2, 0.25) is 23.5 Å². The average molecular weight is 1940 g/mol. The van der Waals surface area contributed by atoms with Gasteiger partial charge >= 0.3 is 103 Å². The Morgan fingerprint density at radius 2 is 0.787 bits per heavy atom. The number of ether oxygens (including phenoxy) is 7. The third-order valence-electron chi connectivity index (χ3n) is 18.6. The van der Waals surface area contributed by atoms with Crippen molar-refractivity contribution in [1.29, 1.82) is 0 Å². The molecule has 711 valence electrons. The second-order valence-electron chi connectivity index (χ2n) is 28.7. The molecule has 0 saturated heterocycles. The molecule has 0 fully saturated rings. The Morgan fingerprint density at radius 3 is 1.15 bits per heavy atom. The molecule has 4 unspecified atom stereocenters. The van der Waals surface area contributed by atoms with E-state index in [1.807, 2.05) is 20.8 Å². The zero-order valence-electron chi connectivity index (χ0n) is 70.8. The van der Waals surface area contributed by atoms with E-state index in [1.165, 1.54) is 12.1 Å². The summed E-state index contributed by atoms with van der Waals surface area (Å²) in [6, 6.07) is -2.77. The topological polar surface area (TPSA) is 665 Å². The van der Waals surface area contributed by atoms with Crippen molar-refractivity contribution in [2.24, 2.45) is 5.41 Å². The molecule has 3 heterocycles. The van der Waals surface area contributed by atoms with Crippen LogP contribution in [0.2, 0.25) is 0 Å². The number of nitrogens with one attached hydrogen (secondary N) is 5. The second-order valence-corrected chi connectivity index (χ2v) is 28.7. The molecule has 51 heteroatoms. The molecule has 48 nitrogen and oxygen atoms in total. The minimum atomic E-state index is -1.47. The van der Waals surface area contributed by atoms with Gasteiger partial charge in [-0.25, -0.2) is 0 Å². The molecule has 4 atom stereocenters. The summed E-state index contributed by atoms with van der Waals surface area (Å²) < 4.78 is 47.8. The van der Waals surface area contributed by atoms with Gasteiger partial charge in [0.25, 0.3) is 5.91 Å². The number of carboxylic acids is 9.